The summed E-state index contributed by atoms with van der Waals surface area (Å²) in [5.41, 5.74) is -0.264. The van der Waals surface area contributed by atoms with Crippen molar-refractivity contribution < 1.29 is 24.1 Å². The van der Waals surface area contributed by atoms with E-state index in [1.54, 1.807) is 0 Å². The number of carboxylic acid groups (broad SMARTS) is 1. The molecule has 0 aliphatic rings. The molecular formula is C10H10ClFO4. The van der Waals surface area contributed by atoms with Crippen LogP contribution in [0.3, 0.4) is 0 Å². The minimum absolute atomic E-state index is 0.211. The second kappa shape index (κ2) is 4.57. The third kappa shape index (κ3) is 2.04. The van der Waals surface area contributed by atoms with Crippen molar-refractivity contribution in [2.24, 2.45) is 0 Å². The summed E-state index contributed by atoms with van der Waals surface area (Å²) in [7, 11) is 1.21. The van der Waals surface area contributed by atoms with Gasteiger partial charge in [0, 0.05) is 11.6 Å². The minimum atomic E-state index is -1.24. The summed E-state index contributed by atoms with van der Waals surface area (Å²) in [6.07, 6.45) is 0. The quantitative estimate of drug-likeness (QED) is 0.862. The summed E-state index contributed by atoms with van der Waals surface area (Å²) in [6.45, 7) is 1.28. The first-order valence-corrected chi connectivity index (χ1v) is 4.75. The van der Waals surface area contributed by atoms with E-state index in [0.29, 0.717) is 0 Å². The van der Waals surface area contributed by atoms with Crippen LogP contribution in [0.4, 0.5) is 4.39 Å². The Morgan fingerprint density at radius 2 is 2.19 bits per heavy atom. The third-order valence-electron chi connectivity index (χ3n) is 2.19. The lowest BCUT2D eigenvalue weighted by Crippen LogP contribution is -2.11. The zero-order chi connectivity index (χ0) is 12.5. The van der Waals surface area contributed by atoms with Gasteiger partial charge in [0.15, 0.2) is 11.5 Å². The maximum absolute atomic E-state index is 13.7. The normalized spacial score (nSPS) is 12.2. The van der Waals surface area contributed by atoms with Crippen molar-refractivity contribution in [1.82, 2.24) is 0 Å². The Morgan fingerprint density at radius 1 is 1.62 bits per heavy atom. The Kier molecular flexibility index (Phi) is 3.59. The largest absolute Gasteiger partial charge is 0.504 e. The summed E-state index contributed by atoms with van der Waals surface area (Å²) in [5.74, 6) is -3.90. The van der Waals surface area contributed by atoms with Crippen LogP contribution in [-0.4, -0.2) is 23.3 Å². The van der Waals surface area contributed by atoms with E-state index in [1.807, 2.05) is 0 Å². The van der Waals surface area contributed by atoms with Crippen molar-refractivity contribution in [3.8, 4) is 11.5 Å². The van der Waals surface area contributed by atoms with Crippen LogP contribution in [0.1, 0.15) is 18.4 Å². The number of hydrogen-bond acceptors (Lipinski definition) is 3. The molecule has 0 aliphatic carbocycles. The van der Waals surface area contributed by atoms with Gasteiger partial charge >= 0.3 is 5.97 Å². The molecule has 88 valence electrons. The molecule has 0 amide bonds. The molecule has 2 N–H and O–H groups in total. The van der Waals surface area contributed by atoms with E-state index in [1.165, 1.54) is 14.0 Å². The van der Waals surface area contributed by atoms with Crippen molar-refractivity contribution in [2.75, 3.05) is 7.11 Å². The number of phenols is 1. The highest BCUT2D eigenvalue weighted by atomic mass is 35.5. The van der Waals surface area contributed by atoms with Gasteiger partial charge in [-0.1, -0.05) is 11.6 Å². The van der Waals surface area contributed by atoms with Gasteiger partial charge in [0.05, 0.1) is 18.1 Å². The third-order valence-corrected chi connectivity index (χ3v) is 2.47. The standard InChI is InChI=1S/C10H10ClFO4/c1-4(10(14)15)7-8(12)5(11)3-6(13)9(7)16-2/h3-4,13H,1-2H3,(H,14,15). The van der Waals surface area contributed by atoms with Crippen molar-refractivity contribution >= 4 is 17.6 Å². The van der Waals surface area contributed by atoms with Crippen molar-refractivity contribution in [1.29, 1.82) is 0 Å². The van der Waals surface area contributed by atoms with Gasteiger partial charge < -0.3 is 14.9 Å². The van der Waals surface area contributed by atoms with Gasteiger partial charge in [0.25, 0.3) is 0 Å². The van der Waals surface area contributed by atoms with E-state index in [4.69, 9.17) is 21.4 Å². The molecule has 1 aromatic rings. The number of phenolic OH excluding ortho intramolecular Hbond substituents is 1. The van der Waals surface area contributed by atoms with E-state index in [9.17, 15) is 14.3 Å². The Hall–Kier alpha value is -1.49. The van der Waals surface area contributed by atoms with Gasteiger partial charge in [0.1, 0.15) is 5.82 Å². The molecule has 0 saturated carbocycles. The average Bonchev–Trinajstić information content (AvgIpc) is 2.21. The number of benzene rings is 1. The summed E-state index contributed by atoms with van der Waals surface area (Å²) in [6, 6.07) is 0.966. The van der Waals surface area contributed by atoms with Crippen LogP contribution in [0, 0.1) is 5.82 Å². The number of halogens is 2. The molecule has 1 atom stereocenters. The smallest absolute Gasteiger partial charge is 0.310 e. The lowest BCUT2D eigenvalue weighted by molar-refractivity contribution is -0.138. The zero-order valence-corrected chi connectivity index (χ0v) is 9.38. The lowest BCUT2D eigenvalue weighted by Gasteiger charge is -2.15. The van der Waals surface area contributed by atoms with Crippen LogP contribution in [0.2, 0.25) is 5.02 Å². The molecule has 16 heavy (non-hydrogen) atoms. The van der Waals surface area contributed by atoms with Crippen LogP contribution in [-0.2, 0) is 4.79 Å². The van der Waals surface area contributed by atoms with Gasteiger partial charge in [-0.2, -0.15) is 0 Å². The summed E-state index contributed by atoms with van der Waals surface area (Å²) >= 11 is 5.51. The Bertz CT molecular complexity index is 433. The topological polar surface area (TPSA) is 66.8 Å². The number of aliphatic carboxylic acids is 1. The number of carboxylic acids is 1. The predicted octanol–water partition coefficient (Wildman–Crippen LogP) is 2.38. The van der Waals surface area contributed by atoms with Crippen LogP contribution < -0.4 is 4.74 Å². The van der Waals surface area contributed by atoms with Crippen molar-refractivity contribution in [2.45, 2.75) is 12.8 Å². The van der Waals surface area contributed by atoms with Gasteiger partial charge in [-0.25, -0.2) is 4.39 Å². The fraction of sp³-hybridized carbons (Fsp3) is 0.300. The number of aromatic hydroxyl groups is 1. The highest BCUT2D eigenvalue weighted by Gasteiger charge is 2.26. The highest BCUT2D eigenvalue weighted by molar-refractivity contribution is 6.31. The molecule has 0 aliphatic heterocycles. The second-order valence-corrected chi connectivity index (χ2v) is 3.61. The molecule has 0 saturated heterocycles. The molecule has 4 nitrogen and oxygen atoms in total. The van der Waals surface area contributed by atoms with E-state index >= 15 is 0 Å². The van der Waals surface area contributed by atoms with Gasteiger partial charge in [-0.3, -0.25) is 4.79 Å². The van der Waals surface area contributed by atoms with E-state index in [-0.39, 0.29) is 16.3 Å². The fourth-order valence-corrected chi connectivity index (χ4v) is 1.55. The second-order valence-electron chi connectivity index (χ2n) is 3.20. The Labute approximate surface area is 96.2 Å². The molecule has 0 heterocycles. The Balaban J connectivity index is 3.50. The average molecular weight is 249 g/mol. The van der Waals surface area contributed by atoms with Crippen LogP contribution in [0.5, 0.6) is 11.5 Å². The van der Waals surface area contributed by atoms with E-state index in [0.717, 1.165) is 6.07 Å². The summed E-state index contributed by atoms with van der Waals surface area (Å²) in [4.78, 5) is 10.8. The monoisotopic (exact) mass is 248 g/mol. The number of ether oxygens (including phenoxy) is 1. The van der Waals surface area contributed by atoms with Gasteiger partial charge in [0.2, 0.25) is 0 Å². The van der Waals surface area contributed by atoms with E-state index in [2.05, 4.69) is 0 Å². The predicted molar refractivity (Wildman–Crippen MR) is 55.7 cm³/mol. The first-order chi connectivity index (χ1) is 7.40. The molecule has 1 unspecified atom stereocenters. The summed E-state index contributed by atoms with van der Waals surface area (Å²) in [5, 5.41) is 17.9. The molecule has 0 radical (unpaired) electrons. The molecular weight excluding hydrogens is 239 g/mol. The molecule has 0 aromatic heterocycles. The van der Waals surface area contributed by atoms with Gasteiger partial charge in [-0.15, -0.1) is 0 Å². The van der Waals surface area contributed by atoms with Crippen molar-refractivity contribution in [3.63, 3.8) is 0 Å². The van der Waals surface area contributed by atoms with Crippen LogP contribution in [0.15, 0.2) is 6.07 Å². The SMILES string of the molecule is COc1c(O)cc(Cl)c(F)c1C(C)C(=O)O. The van der Waals surface area contributed by atoms with Gasteiger partial charge in [-0.05, 0) is 6.92 Å². The zero-order valence-electron chi connectivity index (χ0n) is 8.62. The number of rotatable bonds is 3. The molecule has 0 bridgehead atoms. The highest BCUT2D eigenvalue weighted by Crippen LogP contribution is 2.40. The molecule has 1 rings (SSSR count). The molecule has 0 fully saturated rings. The first-order valence-electron chi connectivity index (χ1n) is 4.37. The molecule has 0 spiro atoms. The fourth-order valence-electron chi connectivity index (χ4n) is 1.34. The first kappa shape index (κ1) is 12.6. The van der Waals surface area contributed by atoms with Crippen LogP contribution in [0.25, 0.3) is 0 Å². The Morgan fingerprint density at radius 3 is 2.62 bits per heavy atom. The van der Waals surface area contributed by atoms with E-state index < -0.39 is 23.5 Å². The van der Waals surface area contributed by atoms with Crippen LogP contribution >= 0.6 is 11.6 Å². The maximum Gasteiger partial charge on any atom is 0.310 e. The summed E-state index contributed by atoms with van der Waals surface area (Å²) < 4.78 is 18.4. The number of methoxy groups -OCH3 is 1. The molecule has 1 aromatic carbocycles. The lowest BCUT2D eigenvalue weighted by atomic mass is 9.99. The number of carbonyl (C=O) groups is 1. The van der Waals surface area contributed by atoms with Crippen molar-refractivity contribution in [3.05, 3.63) is 22.5 Å². The molecule has 6 heteroatoms. The minimum Gasteiger partial charge on any atom is -0.504 e. The number of hydrogen-bond donors (Lipinski definition) is 2. The maximum atomic E-state index is 13.7.